The summed E-state index contributed by atoms with van der Waals surface area (Å²) in [5.74, 6) is 0. The summed E-state index contributed by atoms with van der Waals surface area (Å²) >= 11 is 0. The summed E-state index contributed by atoms with van der Waals surface area (Å²) in [6.07, 6.45) is 1.86. The molecule has 3 heteroatoms. The molecule has 0 aliphatic carbocycles. The first-order chi connectivity index (χ1) is 6.11. The third-order valence-corrected chi connectivity index (χ3v) is 2.60. The normalized spacial score (nSPS) is 11.1. The van der Waals surface area contributed by atoms with Crippen molar-refractivity contribution in [3.8, 4) is 0 Å². The van der Waals surface area contributed by atoms with E-state index in [4.69, 9.17) is 0 Å². The van der Waals surface area contributed by atoms with Crippen LogP contribution in [0.1, 0.15) is 22.5 Å². The van der Waals surface area contributed by atoms with Crippen molar-refractivity contribution in [3.63, 3.8) is 0 Å². The third-order valence-electron chi connectivity index (χ3n) is 2.60. The van der Waals surface area contributed by atoms with E-state index in [-0.39, 0.29) is 0 Å². The van der Waals surface area contributed by atoms with Crippen molar-refractivity contribution in [2.24, 2.45) is 0 Å². The molecule has 0 saturated heterocycles. The maximum absolute atomic E-state index is 4.50. The van der Waals surface area contributed by atoms with Gasteiger partial charge in [-0.05, 0) is 33.3 Å². The van der Waals surface area contributed by atoms with Gasteiger partial charge < -0.3 is 0 Å². The molecular formula is C10H13N3. The SMILES string of the molecule is Cc1nc2c(C)cnn2c(C)c1C. The summed E-state index contributed by atoms with van der Waals surface area (Å²) in [6.45, 7) is 8.22. The van der Waals surface area contributed by atoms with Gasteiger partial charge in [-0.3, -0.25) is 0 Å². The van der Waals surface area contributed by atoms with Crippen LogP contribution >= 0.6 is 0 Å². The van der Waals surface area contributed by atoms with Crippen molar-refractivity contribution in [2.45, 2.75) is 27.7 Å². The van der Waals surface area contributed by atoms with Crippen LogP contribution in [0.3, 0.4) is 0 Å². The van der Waals surface area contributed by atoms with E-state index in [1.165, 1.54) is 11.3 Å². The quantitative estimate of drug-likeness (QED) is 0.612. The molecule has 3 nitrogen and oxygen atoms in total. The van der Waals surface area contributed by atoms with Gasteiger partial charge in [-0.1, -0.05) is 0 Å². The number of hydrogen-bond donors (Lipinski definition) is 0. The van der Waals surface area contributed by atoms with Gasteiger partial charge in [0, 0.05) is 17.0 Å². The van der Waals surface area contributed by atoms with Gasteiger partial charge in [0.25, 0.3) is 0 Å². The minimum absolute atomic E-state index is 0.973. The Morgan fingerprint density at radius 1 is 1.15 bits per heavy atom. The molecule has 0 aliphatic rings. The smallest absolute Gasteiger partial charge is 0.158 e. The lowest BCUT2D eigenvalue weighted by atomic mass is 10.2. The second-order valence-electron chi connectivity index (χ2n) is 3.47. The van der Waals surface area contributed by atoms with Gasteiger partial charge in [0.05, 0.1) is 6.20 Å². The molecule has 0 amide bonds. The maximum atomic E-state index is 4.50. The molecule has 0 saturated carbocycles. The topological polar surface area (TPSA) is 30.2 Å². The summed E-state index contributed by atoms with van der Waals surface area (Å²) < 4.78 is 1.90. The zero-order chi connectivity index (χ0) is 9.59. The number of nitrogens with zero attached hydrogens (tertiary/aromatic N) is 3. The molecular weight excluding hydrogens is 162 g/mol. The third kappa shape index (κ3) is 1.03. The fourth-order valence-corrected chi connectivity index (χ4v) is 1.47. The minimum atomic E-state index is 0.973. The molecule has 0 atom stereocenters. The maximum Gasteiger partial charge on any atom is 0.158 e. The number of rotatable bonds is 0. The number of aryl methyl sites for hydroxylation is 3. The Balaban J connectivity index is 2.96. The highest BCUT2D eigenvalue weighted by Crippen LogP contribution is 2.14. The van der Waals surface area contributed by atoms with Gasteiger partial charge in [-0.15, -0.1) is 0 Å². The first kappa shape index (κ1) is 8.23. The first-order valence-corrected chi connectivity index (χ1v) is 4.39. The molecule has 0 aliphatic heterocycles. The van der Waals surface area contributed by atoms with Crippen LogP contribution in [0.2, 0.25) is 0 Å². The molecule has 0 unspecified atom stereocenters. The monoisotopic (exact) mass is 175 g/mol. The standard InChI is InChI=1S/C10H13N3/c1-6-5-11-13-9(4)7(2)8(3)12-10(6)13/h5H,1-4H3. The second kappa shape index (κ2) is 2.55. The largest absolute Gasteiger partial charge is 0.233 e. The van der Waals surface area contributed by atoms with Crippen molar-refractivity contribution < 1.29 is 0 Å². The molecule has 2 aromatic rings. The summed E-state index contributed by atoms with van der Waals surface area (Å²) in [5.41, 5.74) is 5.59. The molecule has 0 radical (unpaired) electrons. The predicted octanol–water partition coefficient (Wildman–Crippen LogP) is 1.96. The Hall–Kier alpha value is -1.38. The van der Waals surface area contributed by atoms with E-state index in [1.807, 2.05) is 24.6 Å². The Morgan fingerprint density at radius 3 is 2.54 bits per heavy atom. The molecule has 0 bridgehead atoms. The van der Waals surface area contributed by atoms with E-state index in [2.05, 4.69) is 23.9 Å². The summed E-state index contributed by atoms with van der Waals surface area (Å²) in [7, 11) is 0. The van der Waals surface area contributed by atoms with Gasteiger partial charge in [-0.2, -0.15) is 5.10 Å². The number of hydrogen-bond acceptors (Lipinski definition) is 2. The average Bonchev–Trinajstić information content (AvgIpc) is 2.45. The lowest BCUT2D eigenvalue weighted by molar-refractivity contribution is 0.869. The van der Waals surface area contributed by atoms with Gasteiger partial charge in [0.15, 0.2) is 5.65 Å². The molecule has 13 heavy (non-hydrogen) atoms. The molecule has 2 aromatic heterocycles. The molecule has 2 rings (SSSR count). The number of aromatic nitrogens is 3. The summed E-state index contributed by atoms with van der Waals surface area (Å²) in [5, 5.41) is 4.27. The van der Waals surface area contributed by atoms with Gasteiger partial charge in [0.1, 0.15) is 0 Å². The van der Waals surface area contributed by atoms with E-state index in [0.717, 1.165) is 16.9 Å². The van der Waals surface area contributed by atoms with Crippen LogP contribution in [-0.4, -0.2) is 14.6 Å². The van der Waals surface area contributed by atoms with E-state index in [0.29, 0.717) is 0 Å². The zero-order valence-corrected chi connectivity index (χ0v) is 8.42. The minimum Gasteiger partial charge on any atom is -0.233 e. The number of fused-ring (bicyclic) bond motifs is 1. The molecule has 0 fully saturated rings. The van der Waals surface area contributed by atoms with E-state index < -0.39 is 0 Å². The first-order valence-electron chi connectivity index (χ1n) is 4.39. The van der Waals surface area contributed by atoms with Crippen LogP contribution in [0.15, 0.2) is 6.20 Å². The van der Waals surface area contributed by atoms with Crippen LogP contribution in [0.25, 0.3) is 5.65 Å². The molecule has 68 valence electrons. The van der Waals surface area contributed by atoms with Crippen LogP contribution in [-0.2, 0) is 0 Å². The Labute approximate surface area is 77.4 Å². The van der Waals surface area contributed by atoms with Crippen molar-refractivity contribution in [1.29, 1.82) is 0 Å². The highest BCUT2D eigenvalue weighted by atomic mass is 15.3. The Kier molecular flexibility index (Phi) is 1.62. The molecule has 0 aromatic carbocycles. The summed E-state index contributed by atoms with van der Waals surface area (Å²) in [4.78, 5) is 4.50. The average molecular weight is 175 g/mol. The lowest BCUT2D eigenvalue weighted by Gasteiger charge is -2.06. The van der Waals surface area contributed by atoms with Crippen molar-refractivity contribution >= 4 is 5.65 Å². The van der Waals surface area contributed by atoms with Crippen molar-refractivity contribution in [2.75, 3.05) is 0 Å². The van der Waals surface area contributed by atoms with Crippen LogP contribution in [0.4, 0.5) is 0 Å². The van der Waals surface area contributed by atoms with E-state index >= 15 is 0 Å². The highest BCUT2D eigenvalue weighted by molar-refractivity contribution is 5.48. The fourth-order valence-electron chi connectivity index (χ4n) is 1.47. The fraction of sp³-hybridized carbons (Fsp3) is 0.400. The van der Waals surface area contributed by atoms with E-state index in [1.54, 1.807) is 0 Å². The molecule has 0 N–H and O–H groups in total. The van der Waals surface area contributed by atoms with Crippen molar-refractivity contribution in [1.82, 2.24) is 14.6 Å². The summed E-state index contributed by atoms with van der Waals surface area (Å²) in [6, 6.07) is 0. The van der Waals surface area contributed by atoms with Crippen LogP contribution < -0.4 is 0 Å². The van der Waals surface area contributed by atoms with Gasteiger partial charge in [-0.25, -0.2) is 9.50 Å². The van der Waals surface area contributed by atoms with Gasteiger partial charge in [0.2, 0.25) is 0 Å². The predicted molar refractivity (Wildman–Crippen MR) is 51.9 cm³/mol. The van der Waals surface area contributed by atoms with Crippen molar-refractivity contribution in [3.05, 3.63) is 28.7 Å². The Morgan fingerprint density at radius 2 is 1.85 bits per heavy atom. The lowest BCUT2D eigenvalue weighted by Crippen LogP contribution is -2.01. The van der Waals surface area contributed by atoms with Crippen LogP contribution in [0, 0.1) is 27.7 Å². The molecule has 0 spiro atoms. The zero-order valence-electron chi connectivity index (χ0n) is 8.42. The van der Waals surface area contributed by atoms with Crippen LogP contribution in [0.5, 0.6) is 0 Å². The van der Waals surface area contributed by atoms with E-state index in [9.17, 15) is 0 Å². The Bertz CT molecular complexity index is 468. The van der Waals surface area contributed by atoms with Gasteiger partial charge >= 0.3 is 0 Å². The second-order valence-corrected chi connectivity index (χ2v) is 3.47. The molecule has 2 heterocycles. The highest BCUT2D eigenvalue weighted by Gasteiger charge is 2.07.